The fourth-order valence-corrected chi connectivity index (χ4v) is 2.60. The highest BCUT2D eigenvalue weighted by Gasteiger charge is 2.26. The fourth-order valence-electron chi connectivity index (χ4n) is 2.60. The molecule has 7 heteroatoms. The zero-order valence-corrected chi connectivity index (χ0v) is 11.7. The third-order valence-corrected chi connectivity index (χ3v) is 3.62. The first-order valence-corrected chi connectivity index (χ1v) is 6.78. The van der Waals surface area contributed by atoms with Crippen molar-refractivity contribution in [2.75, 3.05) is 26.7 Å². The van der Waals surface area contributed by atoms with Crippen LogP contribution < -0.4 is 0 Å². The van der Waals surface area contributed by atoms with E-state index in [1.54, 1.807) is 23.0 Å². The van der Waals surface area contributed by atoms with Crippen molar-refractivity contribution >= 4 is 11.7 Å². The van der Waals surface area contributed by atoms with Gasteiger partial charge in [-0.25, -0.2) is 9.50 Å². The third kappa shape index (κ3) is 2.49. The molecule has 2 aromatic heterocycles. The number of rotatable bonds is 2. The lowest BCUT2D eigenvalue weighted by Gasteiger charge is -2.38. The minimum Gasteiger partial charge on any atom is -0.337 e. The van der Waals surface area contributed by atoms with Crippen molar-refractivity contribution in [2.45, 2.75) is 19.4 Å². The molecular formula is C13H18N6O. The smallest absolute Gasteiger partial charge is 0.252 e. The van der Waals surface area contributed by atoms with Crippen molar-refractivity contribution in [3.8, 4) is 0 Å². The summed E-state index contributed by atoms with van der Waals surface area (Å²) in [4.78, 5) is 24.9. The Morgan fingerprint density at radius 1 is 1.45 bits per heavy atom. The number of carbonyl (C=O) groups is 1. The Hall–Kier alpha value is -2.02. The quantitative estimate of drug-likeness (QED) is 0.760. The molecule has 0 radical (unpaired) electrons. The molecule has 1 aliphatic rings. The van der Waals surface area contributed by atoms with Gasteiger partial charge in [-0.2, -0.15) is 4.98 Å². The molecule has 1 saturated heterocycles. The van der Waals surface area contributed by atoms with E-state index in [1.165, 1.54) is 0 Å². The van der Waals surface area contributed by atoms with Crippen LogP contribution in [0.25, 0.3) is 5.78 Å². The summed E-state index contributed by atoms with van der Waals surface area (Å²) in [6, 6.07) is 2.02. The molecule has 0 saturated carbocycles. The summed E-state index contributed by atoms with van der Waals surface area (Å²) in [7, 11) is 2.08. The maximum absolute atomic E-state index is 12.4. The van der Waals surface area contributed by atoms with Gasteiger partial charge in [0.1, 0.15) is 0 Å². The van der Waals surface area contributed by atoms with Gasteiger partial charge in [0.25, 0.3) is 5.78 Å². The molecule has 0 aliphatic carbocycles. The zero-order chi connectivity index (χ0) is 14.1. The number of hydrogen-bond acceptors (Lipinski definition) is 5. The minimum atomic E-state index is 0.0847. The van der Waals surface area contributed by atoms with Crippen molar-refractivity contribution in [3.05, 3.63) is 24.3 Å². The van der Waals surface area contributed by atoms with Crippen LogP contribution in [0.4, 0.5) is 0 Å². The van der Waals surface area contributed by atoms with Crippen LogP contribution in [0.3, 0.4) is 0 Å². The monoisotopic (exact) mass is 274 g/mol. The number of likely N-dealkylation sites (N-methyl/N-ethyl adjacent to an activating group) is 1. The molecule has 1 amide bonds. The SMILES string of the molecule is CC1CN(C)CCN1C(=O)Cc1nc2ncccn2n1. The predicted octanol–water partition coefficient (Wildman–Crippen LogP) is -0.171. The number of hydrogen-bond donors (Lipinski definition) is 0. The Bertz CT molecular complexity index is 591. The second-order valence-electron chi connectivity index (χ2n) is 5.27. The van der Waals surface area contributed by atoms with Crippen molar-refractivity contribution in [2.24, 2.45) is 0 Å². The first-order chi connectivity index (χ1) is 9.63. The average molecular weight is 274 g/mol. The predicted molar refractivity (Wildman–Crippen MR) is 73.2 cm³/mol. The minimum absolute atomic E-state index is 0.0847. The van der Waals surface area contributed by atoms with Crippen LogP contribution in [0.15, 0.2) is 18.5 Å². The summed E-state index contributed by atoms with van der Waals surface area (Å²) in [5, 5.41) is 4.27. The van der Waals surface area contributed by atoms with Gasteiger partial charge in [-0.3, -0.25) is 4.79 Å². The van der Waals surface area contributed by atoms with Crippen LogP contribution in [0.5, 0.6) is 0 Å². The molecule has 1 unspecified atom stereocenters. The summed E-state index contributed by atoms with van der Waals surface area (Å²) in [5.41, 5.74) is 0. The molecule has 0 spiro atoms. The molecule has 3 heterocycles. The molecule has 1 atom stereocenters. The third-order valence-electron chi connectivity index (χ3n) is 3.62. The van der Waals surface area contributed by atoms with E-state index >= 15 is 0 Å². The number of nitrogens with zero attached hydrogens (tertiary/aromatic N) is 6. The first kappa shape index (κ1) is 13.0. The van der Waals surface area contributed by atoms with Crippen molar-refractivity contribution < 1.29 is 4.79 Å². The molecule has 3 rings (SSSR count). The summed E-state index contributed by atoms with van der Waals surface area (Å²) in [6.45, 7) is 4.66. The Kier molecular flexibility index (Phi) is 3.35. The molecule has 2 aromatic rings. The lowest BCUT2D eigenvalue weighted by Crippen LogP contribution is -2.53. The highest BCUT2D eigenvalue weighted by Crippen LogP contribution is 2.10. The molecule has 1 aliphatic heterocycles. The summed E-state index contributed by atoms with van der Waals surface area (Å²) < 4.78 is 1.59. The molecule has 7 nitrogen and oxygen atoms in total. The molecule has 0 bridgehead atoms. The van der Waals surface area contributed by atoms with Gasteiger partial charge in [-0.1, -0.05) is 0 Å². The van der Waals surface area contributed by atoms with Crippen LogP contribution in [-0.2, 0) is 11.2 Å². The van der Waals surface area contributed by atoms with E-state index < -0.39 is 0 Å². The highest BCUT2D eigenvalue weighted by atomic mass is 16.2. The Balaban J connectivity index is 1.72. The maximum Gasteiger partial charge on any atom is 0.252 e. The summed E-state index contributed by atoms with van der Waals surface area (Å²) in [5.74, 6) is 1.14. The second-order valence-corrected chi connectivity index (χ2v) is 5.27. The zero-order valence-electron chi connectivity index (χ0n) is 11.7. The van der Waals surface area contributed by atoms with E-state index in [9.17, 15) is 4.79 Å². The Morgan fingerprint density at radius 2 is 2.30 bits per heavy atom. The largest absolute Gasteiger partial charge is 0.337 e. The Labute approximate surface area is 117 Å². The number of amides is 1. The van der Waals surface area contributed by atoms with E-state index in [0.29, 0.717) is 11.6 Å². The van der Waals surface area contributed by atoms with Gasteiger partial charge in [0.2, 0.25) is 5.91 Å². The van der Waals surface area contributed by atoms with E-state index in [4.69, 9.17) is 0 Å². The first-order valence-electron chi connectivity index (χ1n) is 6.78. The van der Waals surface area contributed by atoms with Crippen LogP contribution in [-0.4, -0.2) is 68.0 Å². The molecule has 20 heavy (non-hydrogen) atoms. The van der Waals surface area contributed by atoms with Crippen LogP contribution in [0.1, 0.15) is 12.7 Å². The number of aromatic nitrogens is 4. The second kappa shape index (κ2) is 5.16. The van der Waals surface area contributed by atoms with Crippen molar-refractivity contribution in [3.63, 3.8) is 0 Å². The summed E-state index contributed by atoms with van der Waals surface area (Å²) in [6.07, 6.45) is 3.68. The van der Waals surface area contributed by atoms with Gasteiger partial charge < -0.3 is 9.80 Å². The molecule has 106 valence electrons. The lowest BCUT2D eigenvalue weighted by atomic mass is 10.2. The highest BCUT2D eigenvalue weighted by molar-refractivity contribution is 5.78. The Morgan fingerprint density at radius 3 is 3.05 bits per heavy atom. The van der Waals surface area contributed by atoms with E-state index in [0.717, 1.165) is 19.6 Å². The molecule has 0 aromatic carbocycles. The van der Waals surface area contributed by atoms with E-state index in [1.807, 2.05) is 4.90 Å². The number of fused-ring (bicyclic) bond motifs is 1. The molecule has 1 fully saturated rings. The molecular weight excluding hydrogens is 256 g/mol. The van der Waals surface area contributed by atoms with Crippen LogP contribution in [0.2, 0.25) is 0 Å². The lowest BCUT2D eigenvalue weighted by molar-refractivity contribution is -0.134. The summed E-state index contributed by atoms with van der Waals surface area (Å²) >= 11 is 0. The number of carbonyl (C=O) groups excluding carboxylic acids is 1. The van der Waals surface area contributed by atoms with E-state index in [2.05, 4.69) is 33.9 Å². The van der Waals surface area contributed by atoms with Gasteiger partial charge in [0.15, 0.2) is 5.82 Å². The van der Waals surface area contributed by atoms with Gasteiger partial charge in [-0.05, 0) is 20.0 Å². The average Bonchev–Trinajstić information content (AvgIpc) is 2.80. The van der Waals surface area contributed by atoms with Crippen molar-refractivity contribution in [1.82, 2.24) is 29.4 Å². The van der Waals surface area contributed by atoms with Crippen LogP contribution in [0, 0.1) is 0 Å². The van der Waals surface area contributed by atoms with Crippen molar-refractivity contribution in [1.29, 1.82) is 0 Å². The topological polar surface area (TPSA) is 66.6 Å². The number of piperazine rings is 1. The van der Waals surface area contributed by atoms with Gasteiger partial charge in [0, 0.05) is 38.1 Å². The molecule has 0 N–H and O–H groups in total. The van der Waals surface area contributed by atoms with Gasteiger partial charge in [0.05, 0.1) is 6.42 Å². The maximum atomic E-state index is 12.4. The standard InChI is InChI=1S/C13H18N6O/c1-10-9-17(2)6-7-18(10)12(20)8-11-15-13-14-4-3-5-19(13)16-11/h3-5,10H,6-9H2,1-2H3. The van der Waals surface area contributed by atoms with E-state index in [-0.39, 0.29) is 18.4 Å². The fraction of sp³-hybridized carbons (Fsp3) is 0.538. The normalized spacial score (nSPS) is 20.5. The van der Waals surface area contributed by atoms with Crippen LogP contribution >= 0.6 is 0 Å². The van der Waals surface area contributed by atoms with Gasteiger partial charge in [-0.15, -0.1) is 5.10 Å². The van der Waals surface area contributed by atoms with Gasteiger partial charge >= 0.3 is 0 Å².